The molecule has 0 bridgehead atoms. The molecule has 36 heavy (non-hydrogen) atoms. The highest BCUT2D eigenvalue weighted by Gasteiger charge is 2.17. The van der Waals surface area contributed by atoms with Gasteiger partial charge in [-0.25, -0.2) is 5.43 Å². The fraction of sp³-hybridized carbons (Fsp3) is 0.120. The summed E-state index contributed by atoms with van der Waals surface area (Å²) in [5, 5.41) is 23.1. The Hall–Kier alpha value is -3.83. The van der Waals surface area contributed by atoms with Gasteiger partial charge in [-0.3, -0.25) is 9.36 Å². The number of hydrogen-bond acceptors (Lipinski definition) is 8. The van der Waals surface area contributed by atoms with Gasteiger partial charge in [0.2, 0.25) is 0 Å². The molecule has 11 heteroatoms. The fourth-order valence-electron chi connectivity index (χ4n) is 3.22. The number of thioether (sulfide) groups is 1. The number of carbonyl (C=O) groups excluding carboxylic acids is 1. The lowest BCUT2D eigenvalue weighted by molar-refractivity contribution is -0.118. The molecule has 9 nitrogen and oxygen atoms in total. The number of phenolic OH excluding ortho intramolecular Hbond substituents is 1. The van der Waals surface area contributed by atoms with Crippen molar-refractivity contribution in [2.75, 3.05) is 20.0 Å². The topological polar surface area (TPSA) is 111 Å². The van der Waals surface area contributed by atoms with Gasteiger partial charge in [-0.1, -0.05) is 27.7 Å². The normalized spacial score (nSPS) is 11.0. The molecule has 0 aliphatic carbocycles. The van der Waals surface area contributed by atoms with E-state index in [2.05, 4.69) is 36.7 Å². The number of halogens is 1. The van der Waals surface area contributed by atoms with Gasteiger partial charge in [0.05, 0.1) is 26.2 Å². The molecule has 0 aliphatic rings. The second-order valence-electron chi connectivity index (χ2n) is 7.35. The molecule has 0 saturated heterocycles. The summed E-state index contributed by atoms with van der Waals surface area (Å²) in [4.78, 5) is 12.4. The first-order valence-electron chi connectivity index (χ1n) is 10.7. The van der Waals surface area contributed by atoms with Gasteiger partial charge >= 0.3 is 0 Å². The van der Waals surface area contributed by atoms with Crippen LogP contribution in [0.1, 0.15) is 5.56 Å². The van der Waals surface area contributed by atoms with Crippen LogP contribution in [0, 0.1) is 0 Å². The third kappa shape index (κ3) is 6.04. The number of nitrogens with one attached hydrogen (secondary N) is 1. The van der Waals surface area contributed by atoms with Gasteiger partial charge in [0.15, 0.2) is 11.0 Å². The standard InChI is InChI=1S/C25H22BrN5O4S/c1-34-20-8-3-16(4-9-20)24-29-30-25(31(24)19-6-10-21(35-2)11-7-19)36-15-23(33)28-27-14-17-13-18(26)5-12-22(17)32/h3-14,32H,15H2,1-2H3,(H,28,33)/b27-14-. The van der Waals surface area contributed by atoms with E-state index in [4.69, 9.17) is 9.47 Å². The maximum atomic E-state index is 12.4. The highest BCUT2D eigenvalue weighted by atomic mass is 79.9. The third-order valence-corrected chi connectivity index (χ3v) is 6.45. The zero-order valence-electron chi connectivity index (χ0n) is 19.4. The van der Waals surface area contributed by atoms with Crippen molar-refractivity contribution in [1.29, 1.82) is 0 Å². The molecule has 0 saturated carbocycles. The molecule has 0 aliphatic heterocycles. The van der Waals surface area contributed by atoms with Gasteiger partial charge in [0, 0.05) is 21.3 Å². The van der Waals surface area contributed by atoms with Crippen LogP contribution in [0.3, 0.4) is 0 Å². The number of nitrogens with zero attached hydrogens (tertiary/aromatic N) is 4. The lowest BCUT2D eigenvalue weighted by Gasteiger charge is -2.11. The Morgan fingerprint density at radius 2 is 1.72 bits per heavy atom. The largest absolute Gasteiger partial charge is 0.507 e. The molecule has 4 rings (SSSR count). The minimum absolute atomic E-state index is 0.0543. The number of phenols is 1. The molecular weight excluding hydrogens is 546 g/mol. The Kier molecular flexibility index (Phi) is 8.24. The van der Waals surface area contributed by atoms with Gasteiger partial charge in [-0.15, -0.1) is 10.2 Å². The number of aromatic hydroxyl groups is 1. The third-order valence-electron chi connectivity index (χ3n) is 5.03. The maximum Gasteiger partial charge on any atom is 0.250 e. The smallest absolute Gasteiger partial charge is 0.250 e. The van der Waals surface area contributed by atoms with Crippen molar-refractivity contribution in [3.8, 4) is 34.3 Å². The minimum Gasteiger partial charge on any atom is -0.507 e. The molecule has 0 radical (unpaired) electrons. The summed E-state index contributed by atoms with van der Waals surface area (Å²) in [6, 6.07) is 19.9. The van der Waals surface area contributed by atoms with Crippen LogP contribution in [0.15, 0.2) is 81.5 Å². The van der Waals surface area contributed by atoms with Crippen molar-refractivity contribution in [3.63, 3.8) is 0 Å². The number of carbonyl (C=O) groups is 1. The van der Waals surface area contributed by atoms with Crippen molar-refractivity contribution in [3.05, 3.63) is 76.8 Å². The fourth-order valence-corrected chi connectivity index (χ4v) is 4.34. The van der Waals surface area contributed by atoms with E-state index < -0.39 is 0 Å². The number of benzene rings is 3. The van der Waals surface area contributed by atoms with Crippen molar-refractivity contribution >= 4 is 39.8 Å². The van der Waals surface area contributed by atoms with E-state index in [1.54, 1.807) is 26.4 Å². The van der Waals surface area contributed by atoms with Gasteiger partial charge in [-0.2, -0.15) is 5.10 Å². The van der Waals surface area contributed by atoms with Crippen molar-refractivity contribution in [2.45, 2.75) is 5.16 Å². The molecule has 2 N–H and O–H groups in total. The molecule has 0 fully saturated rings. The van der Waals surface area contributed by atoms with Crippen molar-refractivity contribution < 1.29 is 19.4 Å². The van der Waals surface area contributed by atoms with E-state index in [0.29, 0.717) is 16.5 Å². The number of hydrogen-bond donors (Lipinski definition) is 2. The van der Waals surface area contributed by atoms with E-state index in [1.165, 1.54) is 24.0 Å². The van der Waals surface area contributed by atoms with E-state index in [-0.39, 0.29) is 17.4 Å². The van der Waals surface area contributed by atoms with Crippen LogP contribution in [0.2, 0.25) is 0 Å². The second-order valence-corrected chi connectivity index (χ2v) is 9.21. The lowest BCUT2D eigenvalue weighted by atomic mass is 10.2. The number of aromatic nitrogens is 3. The number of hydrazone groups is 1. The predicted octanol–water partition coefficient (Wildman–Crippen LogP) is 4.66. The summed E-state index contributed by atoms with van der Waals surface area (Å²) in [5.74, 6) is 1.86. The zero-order valence-corrected chi connectivity index (χ0v) is 21.8. The highest BCUT2D eigenvalue weighted by Crippen LogP contribution is 2.30. The number of methoxy groups -OCH3 is 2. The van der Waals surface area contributed by atoms with Crippen LogP contribution in [0.25, 0.3) is 17.1 Å². The maximum absolute atomic E-state index is 12.4. The molecule has 0 spiro atoms. The monoisotopic (exact) mass is 567 g/mol. The number of rotatable bonds is 9. The van der Waals surface area contributed by atoms with E-state index in [9.17, 15) is 9.90 Å². The van der Waals surface area contributed by atoms with Crippen LogP contribution >= 0.6 is 27.7 Å². The van der Waals surface area contributed by atoms with Crippen LogP contribution in [0.4, 0.5) is 0 Å². The molecule has 1 aromatic heterocycles. The summed E-state index contributed by atoms with van der Waals surface area (Å²) in [7, 11) is 3.22. The summed E-state index contributed by atoms with van der Waals surface area (Å²) in [5.41, 5.74) is 4.60. The van der Waals surface area contributed by atoms with Crippen LogP contribution in [0.5, 0.6) is 17.2 Å². The quantitative estimate of drug-likeness (QED) is 0.172. The Morgan fingerprint density at radius 1 is 1.06 bits per heavy atom. The average Bonchev–Trinajstić information content (AvgIpc) is 3.33. The Balaban J connectivity index is 1.53. The van der Waals surface area contributed by atoms with Crippen LogP contribution in [-0.2, 0) is 4.79 Å². The molecule has 1 amide bonds. The SMILES string of the molecule is COc1ccc(-c2nnc(SCC(=O)N/N=C\c3cc(Br)ccc3O)n2-c2ccc(OC)cc2)cc1. The summed E-state index contributed by atoms with van der Waals surface area (Å²) < 4.78 is 13.2. The minimum atomic E-state index is -0.332. The predicted molar refractivity (Wildman–Crippen MR) is 142 cm³/mol. The molecule has 0 unspecified atom stereocenters. The van der Waals surface area contributed by atoms with E-state index >= 15 is 0 Å². The molecular formula is C25H22BrN5O4S. The first-order chi connectivity index (χ1) is 17.5. The average molecular weight is 568 g/mol. The molecule has 1 heterocycles. The van der Waals surface area contributed by atoms with E-state index in [0.717, 1.165) is 27.2 Å². The van der Waals surface area contributed by atoms with Crippen molar-refractivity contribution in [1.82, 2.24) is 20.2 Å². The van der Waals surface area contributed by atoms with Gasteiger partial charge < -0.3 is 14.6 Å². The highest BCUT2D eigenvalue weighted by molar-refractivity contribution is 9.10. The molecule has 4 aromatic rings. The Bertz CT molecular complexity index is 1370. The molecule has 0 atom stereocenters. The lowest BCUT2D eigenvalue weighted by Crippen LogP contribution is -2.20. The Labute approximate surface area is 220 Å². The van der Waals surface area contributed by atoms with Gasteiger partial charge in [-0.05, 0) is 66.7 Å². The van der Waals surface area contributed by atoms with Crippen LogP contribution < -0.4 is 14.9 Å². The van der Waals surface area contributed by atoms with E-state index in [1.807, 2.05) is 53.1 Å². The second kappa shape index (κ2) is 11.7. The molecule has 184 valence electrons. The van der Waals surface area contributed by atoms with Crippen molar-refractivity contribution in [2.24, 2.45) is 5.10 Å². The molecule has 3 aromatic carbocycles. The first kappa shape index (κ1) is 25.3. The van der Waals surface area contributed by atoms with Gasteiger partial charge in [0.25, 0.3) is 5.91 Å². The summed E-state index contributed by atoms with van der Waals surface area (Å²) in [6.45, 7) is 0. The zero-order chi connectivity index (χ0) is 25.5. The summed E-state index contributed by atoms with van der Waals surface area (Å²) in [6.07, 6.45) is 1.38. The van der Waals surface area contributed by atoms with Gasteiger partial charge in [0.1, 0.15) is 17.2 Å². The number of amides is 1. The number of ether oxygens (including phenoxy) is 2. The summed E-state index contributed by atoms with van der Waals surface area (Å²) >= 11 is 4.56. The first-order valence-corrected chi connectivity index (χ1v) is 12.4. The van der Waals surface area contributed by atoms with Crippen LogP contribution in [-0.4, -0.2) is 52.0 Å². The Morgan fingerprint density at radius 3 is 2.39 bits per heavy atom.